The van der Waals surface area contributed by atoms with E-state index in [-0.39, 0.29) is 0 Å². The standard InChI is InChI=1S/C11H13NO/c1-13-11-4-2-3-7-5-9-10(12-9)6-8(7)11/h2-4,9-10,12H,5-6H2,1H3/t9-,10+/m0/s1. The van der Waals surface area contributed by atoms with Gasteiger partial charge in [0.25, 0.3) is 0 Å². The van der Waals surface area contributed by atoms with Gasteiger partial charge in [-0.25, -0.2) is 0 Å². The van der Waals surface area contributed by atoms with Crippen molar-refractivity contribution in [2.24, 2.45) is 0 Å². The largest absolute Gasteiger partial charge is 0.496 e. The second-order valence-corrected chi connectivity index (χ2v) is 3.89. The van der Waals surface area contributed by atoms with Crippen LogP contribution in [0.25, 0.3) is 0 Å². The van der Waals surface area contributed by atoms with Crippen LogP contribution >= 0.6 is 0 Å². The molecule has 1 saturated heterocycles. The average molecular weight is 175 g/mol. The van der Waals surface area contributed by atoms with Crippen molar-refractivity contribution in [3.05, 3.63) is 29.3 Å². The summed E-state index contributed by atoms with van der Waals surface area (Å²) in [6, 6.07) is 7.83. The van der Waals surface area contributed by atoms with Crippen LogP contribution in [0.4, 0.5) is 0 Å². The smallest absolute Gasteiger partial charge is 0.122 e. The molecule has 0 spiro atoms. The molecule has 1 N–H and O–H groups in total. The zero-order valence-electron chi connectivity index (χ0n) is 7.71. The summed E-state index contributed by atoms with van der Waals surface area (Å²) < 4.78 is 5.35. The van der Waals surface area contributed by atoms with Crippen LogP contribution in [0, 0.1) is 0 Å². The first-order chi connectivity index (χ1) is 6.38. The van der Waals surface area contributed by atoms with Crippen LogP contribution in [0.1, 0.15) is 11.1 Å². The van der Waals surface area contributed by atoms with Crippen LogP contribution in [-0.2, 0) is 12.8 Å². The number of benzene rings is 1. The van der Waals surface area contributed by atoms with Crippen molar-refractivity contribution >= 4 is 0 Å². The summed E-state index contributed by atoms with van der Waals surface area (Å²) in [5, 5.41) is 3.47. The summed E-state index contributed by atoms with van der Waals surface area (Å²) in [6.07, 6.45) is 2.32. The lowest BCUT2D eigenvalue weighted by Gasteiger charge is -2.16. The van der Waals surface area contributed by atoms with Gasteiger partial charge in [0.2, 0.25) is 0 Å². The van der Waals surface area contributed by atoms with E-state index in [1.807, 2.05) is 0 Å². The molecular formula is C11H13NO. The SMILES string of the molecule is COc1cccc2c1C[C@H]1N[C@H]1C2. The Labute approximate surface area is 77.9 Å². The third-order valence-corrected chi connectivity index (χ3v) is 3.12. The molecule has 2 aliphatic rings. The lowest BCUT2D eigenvalue weighted by atomic mass is 9.91. The molecule has 1 aromatic carbocycles. The molecule has 1 aromatic rings. The predicted molar refractivity (Wildman–Crippen MR) is 51.1 cm³/mol. The van der Waals surface area contributed by atoms with E-state index in [0.29, 0.717) is 0 Å². The Hall–Kier alpha value is -1.02. The highest BCUT2D eigenvalue weighted by Crippen LogP contribution is 2.34. The maximum absolute atomic E-state index is 5.35. The van der Waals surface area contributed by atoms with Crippen LogP contribution in [-0.4, -0.2) is 19.2 Å². The highest BCUT2D eigenvalue weighted by atomic mass is 16.5. The minimum Gasteiger partial charge on any atom is -0.496 e. The van der Waals surface area contributed by atoms with Gasteiger partial charge in [-0.15, -0.1) is 0 Å². The van der Waals surface area contributed by atoms with Crippen molar-refractivity contribution in [3.8, 4) is 5.75 Å². The zero-order chi connectivity index (χ0) is 8.84. The number of hydrogen-bond donors (Lipinski definition) is 1. The minimum absolute atomic E-state index is 0.726. The first-order valence-corrected chi connectivity index (χ1v) is 4.79. The van der Waals surface area contributed by atoms with E-state index in [9.17, 15) is 0 Å². The van der Waals surface area contributed by atoms with Crippen LogP contribution < -0.4 is 10.1 Å². The minimum atomic E-state index is 0.726. The summed E-state index contributed by atoms with van der Waals surface area (Å²) >= 11 is 0. The highest BCUT2D eigenvalue weighted by molar-refractivity contribution is 5.45. The van der Waals surface area contributed by atoms with Crippen molar-refractivity contribution in [1.82, 2.24) is 5.32 Å². The lowest BCUT2D eigenvalue weighted by Crippen LogP contribution is -2.12. The summed E-state index contributed by atoms with van der Waals surface area (Å²) in [5.74, 6) is 1.06. The Morgan fingerprint density at radius 1 is 1.31 bits per heavy atom. The molecule has 68 valence electrons. The van der Waals surface area contributed by atoms with Crippen LogP contribution in [0.5, 0.6) is 5.75 Å². The lowest BCUT2D eigenvalue weighted by molar-refractivity contribution is 0.407. The maximum Gasteiger partial charge on any atom is 0.122 e. The second-order valence-electron chi connectivity index (χ2n) is 3.89. The van der Waals surface area contributed by atoms with E-state index >= 15 is 0 Å². The molecule has 0 bridgehead atoms. The molecule has 1 aliphatic carbocycles. The molecule has 0 saturated carbocycles. The van der Waals surface area contributed by atoms with Gasteiger partial charge in [0.15, 0.2) is 0 Å². The third kappa shape index (κ3) is 1.05. The van der Waals surface area contributed by atoms with Crippen molar-refractivity contribution in [2.75, 3.05) is 7.11 Å². The van der Waals surface area contributed by atoms with Gasteiger partial charge < -0.3 is 10.1 Å². The normalized spacial score (nSPS) is 29.0. The first-order valence-electron chi connectivity index (χ1n) is 4.79. The van der Waals surface area contributed by atoms with Crippen molar-refractivity contribution < 1.29 is 4.74 Å². The molecule has 2 heteroatoms. The molecular weight excluding hydrogens is 162 g/mol. The molecule has 0 aromatic heterocycles. The molecule has 1 fully saturated rings. The van der Waals surface area contributed by atoms with Gasteiger partial charge in [0, 0.05) is 12.1 Å². The molecule has 0 radical (unpaired) electrons. The average Bonchev–Trinajstić information content (AvgIpc) is 2.91. The van der Waals surface area contributed by atoms with E-state index in [4.69, 9.17) is 4.74 Å². The van der Waals surface area contributed by atoms with E-state index in [1.165, 1.54) is 17.5 Å². The Morgan fingerprint density at radius 2 is 2.15 bits per heavy atom. The van der Waals surface area contributed by atoms with E-state index in [0.717, 1.165) is 24.3 Å². The van der Waals surface area contributed by atoms with E-state index < -0.39 is 0 Å². The molecule has 2 atom stereocenters. The van der Waals surface area contributed by atoms with Crippen LogP contribution in [0.15, 0.2) is 18.2 Å². The van der Waals surface area contributed by atoms with Gasteiger partial charge in [-0.2, -0.15) is 0 Å². The molecule has 1 aliphatic heterocycles. The Balaban J connectivity index is 2.07. The fourth-order valence-corrected chi connectivity index (χ4v) is 2.30. The highest BCUT2D eigenvalue weighted by Gasteiger charge is 2.40. The number of fused-ring (bicyclic) bond motifs is 2. The summed E-state index contributed by atoms with van der Waals surface area (Å²) in [6.45, 7) is 0. The van der Waals surface area contributed by atoms with E-state index in [2.05, 4.69) is 23.5 Å². The molecule has 0 unspecified atom stereocenters. The molecule has 0 amide bonds. The maximum atomic E-state index is 5.35. The zero-order valence-corrected chi connectivity index (χ0v) is 7.71. The fourth-order valence-electron chi connectivity index (χ4n) is 2.30. The monoisotopic (exact) mass is 175 g/mol. The van der Waals surface area contributed by atoms with Gasteiger partial charge >= 0.3 is 0 Å². The van der Waals surface area contributed by atoms with Gasteiger partial charge in [-0.05, 0) is 30.0 Å². The Morgan fingerprint density at radius 3 is 3.00 bits per heavy atom. The van der Waals surface area contributed by atoms with E-state index in [1.54, 1.807) is 7.11 Å². The van der Waals surface area contributed by atoms with Crippen molar-refractivity contribution in [3.63, 3.8) is 0 Å². The van der Waals surface area contributed by atoms with Crippen LogP contribution in [0.3, 0.4) is 0 Å². The molecule has 1 heterocycles. The second kappa shape index (κ2) is 2.48. The third-order valence-electron chi connectivity index (χ3n) is 3.12. The number of rotatable bonds is 1. The number of hydrogen-bond acceptors (Lipinski definition) is 2. The summed E-state index contributed by atoms with van der Waals surface area (Å²) in [5.41, 5.74) is 2.88. The Bertz CT molecular complexity index is 348. The number of methoxy groups -OCH3 is 1. The predicted octanol–water partition coefficient (Wildman–Crippen LogP) is 1.13. The van der Waals surface area contributed by atoms with Gasteiger partial charge in [0.05, 0.1) is 7.11 Å². The molecule has 2 nitrogen and oxygen atoms in total. The van der Waals surface area contributed by atoms with Crippen LogP contribution in [0.2, 0.25) is 0 Å². The Kier molecular flexibility index (Phi) is 1.41. The topological polar surface area (TPSA) is 31.2 Å². The summed E-state index contributed by atoms with van der Waals surface area (Å²) in [4.78, 5) is 0. The molecule has 3 rings (SSSR count). The van der Waals surface area contributed by atoms with Crippen molar-refractivity contribution in [2.45, 2.75) is 24.9 Å². The summed E-state index contributed by atoms with van der Waals surface area (Å²) in [7, 11) is 1.75. The van der Waals surface area contributed by atoms with Gasteiger partial charge in [0.1, 0.15) is 5.75 Å². The molecule has 13 heavy (non-hydrogen) atoms. The number of ether oxygens (including phenoxy) is 1. The number of nitrogens with one attached hydrogen (secondary N) is 1. The van der Waals surface area contributed by atoms with Crippen molar-refractivity contribution in [1.29, 1.82) is 0 Å². The van der Waals surface area contributed by atoms with Gasteiger partial charge in [-0.3, -0.25) is 0 Å². The first kappa shape index (κ1) is 7.39. The fraction of sp³-hybridized carbons (Fsp3) is 0.455. The van der Waals surface area contributed by atoms with Gasteiger partial charge in [-0.1, -0.05) is 12.1 Å². The quantitative estimate of drug-likeness (QED) is 0.649.